The second kappa shape index (κ2) is 4.81. The summed E-state index contributed by atoms with van der Waals surface area (Å²) in [7, 11) is 0. The SMILES string of the molecule is CCCNCC1(c2ccc3c(c2)OCCO3)CC1. The third-order valence-electron chi connectivity index (χ3n) is 3.90. The quantitative estimate of drug-likeness (QED) is 0.811. The highest BCUT2D eigenvalue weighted by Gasteiger charge is 2.44. The standard InChI is InChI=1S/C15H21NO2/c1-2-7-16-11-15(5-6-15)12-3-4-13-14(10-12)18-9-8-17-13/h3-4,10,16H,2,5-9,11H2,1H3. The molecule has 3 heteroatoms. The van der Waals surface area contributed by atoms with E-state index in [0.717, 1.165) is 24.6 Å². The van der Waals surface area contributed by atoms with Crippen LogP contribution in [0.25, 0.3) is 0 Å². The first-order chi connectivity index (χ1) is 8.84. The van der Waals surface area contributed by atoms with E-state index >= 15 is 0 Å². The van der Waals surface area contributed by atoms with Gasteiger partial charge in [0.15, 0.2) is 11.5 Å². The Morgan fingerprint density at radius 2 is 1.94 bits per heavy atom. The number of fused-ring (bicyclic) bond motifs is 1. The maximum absolute atomic E-state index is 5.67. The molecular weight excluding hydrogens is 226 g/mol. The fourth-order valence-corrected chi connectivity index (χ4v) is 2.60. The molecule has 1 aromatic carbocycles. The zero-order valence-electron chi connectivity index (χ0n) is 11.0. The minimum absolute atomic E-state index is 0.352. The van der Waals surface area contributed by atoms with Crippen LogP contribution in [0, 0.1) is 0 Å². The normalized spacial score (nSPS) is 19.6. The second-order valence-electron chi connectivity index (χ2n) is 5.32. The number of benzene rings is 1. The van der Waals surface area contributed by atoms with E-state index in [1.165, 1.54) is 24.8 Å². The van der Waals surface area contributed by atoms with Crippen molar-refractivity contribution in [2.24, 2.45) is 0 Å². The van der Waals surface area contributed by atoms with Crippen molar-refractivity contribution in [2.75, 3.05) is 26.3 Å². The molecule has 0 bridgehead atoms. The molecule has 1 saturated carbocycles. The molecule has 0 spiro atoms. The number of nitrogens with one attached hydrogen (secondary N) is 1. The highest BCUT2D eigenvalue weighted by Crippen LogP contribution is 2.49. The summed E-state index contributed by atoms with van der Waals surface area (Å²) < 4.78 is 11.2. The lowest BCUT2D eigenvalue weighted by Crippen LogP contribution is -2.27. The van der Waals surface area contributed by atoms with Crippen molar-refractivity contribution in [1.29, 1.82) is 0 Å². The Balaban J connectivity index is 1.75. The molecule has 1 aliphatic heterocycles. The molecule has 0 saturated heterocycles. The van der Waals surface area contributed by atoms with Crippen molar-refractivity contribution in [3.63, 3.8) is 0 Å². The van der Waals surface area contributed by atoms with Crippen LogP contribution < -0.4 is 14.8 Å². The monoisotopic (exact) mass is 247 g/mol. The smallest absolute Gasteiger partial charge is 0.161 e. The van der Waals surface area contributed by atoms with Gasteiger partial charge >= 0.3 is 0 Å². The Bertz CT molecular complexity index is 427. The minimum Gasteiger partial charge on any atom is -0.486 e. The van der Waals surface area contributed by atoms with Gasteiger partial charge < -0.3 is 14.8 Å². The van der Waals surface area contributed by atoms with E-state index in [9.17, 15) is 0 Å². The lowest BCUT2D eigenvalue weighted by atomic mass is 9.95. The van der Waals surface area contributed by atoms with E-state index in [4.69, 9.17) is 9.47 Å². The third kappa shape index (κ3) is 2.19. The molecule has 1 aromatic rings. The molecular formula is C15H21NO2. The highest BCUT2D eigenvalue weighted by molar-refractivity contribution is 5.47. The zero-order valence-corrected chi connectivity index (χ0v) is 11.0. The summed E-state index contributed by atoms with van der Waals surface area (Å²) in [5.41, 5.74) is 1.75. The number of ether oxygens (including phenoxy) is 2. The predicted molar refractivity (Wildman–Crippen MR) is 71.5 cm³/mol. The molecule has 0 radical (unpaired) electrons. The topological polar surface area (TPSA) is 30.5 Å². The molecule has 2 aliphatic rings. The maximum atomic E-state index is 5.67. The molecule has 3 nitrogen and oxygen atoms in total. The number of hydrogen-bond donors (Lipinski definition) is 1. The lowest BCUT2D eigenvalue weighted by Gasteiger charge is -2.22. The summed E-state index contributed by atoms with van der Waals surface area (Å²) in [4.78, 5) is 0. The van der Waals surface area contributed by atoms with Gasteiger partial charge in [-0.05, 0) is 43.5 Å². The molecule has 18 heavy (non-hydrogen) atoms. The fourth-order valence-electron chi connectivity index (χ4n) is 2.60. The van der Waals surface area contributed by atoms with Gasteiger partial charge in [-0.25, -0.2) is 0 Å². The largest absolute Gasteiger partial charge is 0.486 e. The van der Waals surface area contributed by atoms with Crippen LogP contribution in [0.5, 0.6) is 11.5 Å². The van der Waals surface area contributed by atoms with Crippen LogP contribution in [0.3, 0.4) is 0 Å². The van der Waals surface area contributed by atoms with Crippen molar-refractivity contribution < 1.29 is 9.47 Å². The second-order valence-corrected chi connectivity index (χ2v) is 5.32. The molecule has 1 fully saturated rings. The Kier molecular flexibility index (Phi) is 3.16. The van der Waals surface area contributed by atoms with Gasteiger partial charge in [-0.3, -0.25) is 0 Å². The van der Waals surface area contributed by atoms with Gasteiger partial charge in [0, 0.05) is 12.0 Å². The summed E-state index contributed by atoms with van der Waals surface area (Å²) in [6, 6.07) is 6.44. The first kappa shape index (κ1) is 11.8. The van der Waals surface area contributed by atoms with Crippen LogP contribution in [0.2, 0.25) is 0 Å². The zero-order chi connectivity index (χ0) is 12.4. The van der Waals surface area contributed by atoms with Crippen LogP contribution in [-0.2, 0) is 5.41 Å². The molecule has 98 valence electrons. The predicted octanol–water partition coefficient (Wildman–Crippen LogP) is 2.49. The van der Waals surface area contributed by atoms with Crippen molar-refractivity contribution in [1.82, 2.24) is 5.32 Å². The van der Waals surface area contributed by atoms with Gasteiger partial charge in [0.05, 0.1) is 0 Å². The van der Waals surface area contributed by atoms with E-state index in [2.05, 4.69) is 30.4 Å². The molecule has 1 N–H and O–H groups in total. The van der Waals surface area contributed by atoms with Crippen LogP contribution in [0.15, 0.2) is 18.2 Å². The van der Waals surface area contributed by atoms with E-state index in [-0.39, 0.29) is 0 Å². The molecule has 3 rings (SSSR count). The minimum atomic E-state index is 0.352. The van der Waals surface area contributed by atoms with Crippen LogP contribution in [0.1, 0.15) is 31.7 Å². The van der Waals surface area contributed by atoms with E-state index in [1.807, 2.05) is 0 Å². The Morgan fingerprint density at radius 3 is 2.67 bits per heavy atom. The van der Waals surface area contributed by atoms with E-state index in [1.54, 1.807) is 0 Å². The first-order valence-corrected chi connectivity index (χ1v) is 6.95. The lowest BCUT2D eigenvalue weighted by molar-refractivity contribution is 0.171. The summed E-state index contributed by atoms with van der Waals surface area (Å²) in [6.45, 7) is 5.72. The fraction of sp³-hybridized carbons (Fsp3) is 0.600. The summed E-state index contributed by atoms with van der Waals surface area (Å²) >= 11 is 0. The molecule has 1 aliphatic carbocycles. The number of rotatable bonds is 5. The Morgan fingerprint density at radius 1 is 1.17 bits per heavy atom. The van der Waals surface area contributed by atoms with Crippen molar-refractivity contribution >= 4 is 0 Å². The average molecular weight is 247 g/mol. The van der Waals surface area contributed by atoms with Crippen LogP contribution in [0.4, 0.5) is 0 Å². The summed E-state index contributed by atoms with van der Waals surface area (Å²) in [6.07, 6.45) is 3.75. The van der Waals surface area contributed by atoms with Gasteiger partial charge in [0.1, 0.15) is 13.2 Å². The first-order valence-electron chi connectivity index (χ1n) is 6.95. The summed E-state index contributed by atoms with van der Waals surface area (Å²) in [5.74, 6) is 1.81. The van der Waals surface area contributed by atoms with Crippen molar-refractivity contribution in [3.8, 4) is 11.5 Å². The molecule has 0 aromatic heterocycles. The van der Waals surface area contributed by atoms with Crippen LogP contribution >= 0.6 is 0 Å². The van der Waals surface area contributed by atoms with Gasteiger partial charge in [0.2, 0.25) is 0 Å². The Hall–Kier alpha value is -1.22. The van der Waals surface area contributed by atoms with Gasteiger partial charge in [0.25, 0.3) is 0 Å². The van der Waals surface area contributed by atoms with Crippen molar-refractivity contribution in [3.05, 3.63) is 23.8 Å². The molecule has 0 unspecified atom stereocenters. The Labute approximate surface area is 108 Å². The van der Waals surface area contributed by atoms with E-state index < -0.39 is 0 Å². The van der Waals surface area contributed by atoms with Crippen LogP contribution in [-0.4, -0.2) is 26.3 Å². The van der Waals surface area contributed by atoms with Gasteiger partial charge in [-0.1, -0.05) is 13.0 Å². The van der Waals surface area contributed by atoms with E-state index in [0.29, 0.717) is 18.6 Å². The molecule has 1 heterocycles. The molecule has 0 atom stereocenters. The average Bonchev–Trinajstić information content (AvgIpc) is 3.20. The summed E-state index contributed by atoms with van der Waals surface area (Å²) in [5, 5.41) is 3.54. The van der Waals surface area contributed by atoms with Crippen molar-refractivity contribution in [2.45, 2.75) is 31.6 Å². The third-order valence-corrected chi connectivity index (χ3v) is 3.90. The van der Waals surface area contributed by atoms with Gasteiger partial charge in [-0.2, -0.15) is 0 Å². The number of hydrogen-bond acceptors (Lipinski definition) is 3. The molecule has 0 amide bonds. The van der Waals surface area contributed by atoms with Gasteiger partial charge in [-0.15, -0.1) is 0 Å². The highest BCUT2D eigenvalue weighted by atomic mass is 16.6. The maximum Gasteiger partial charge on any atom is 0.161 e.